The molecule has 3 amide bonds. The maximum absolute atomic E-state index is 12.9. The van der Waals surface area contributed by atoms with E-state index in [4.69, 9.17) is 9.47 Å². The molecule has 194 valence electrons. The molecule has 0 atom stereocenters. The van der Waals surface area contributed by atoms with E-state index in [9.17, 15) is 24.3 Å². The van der Waals surface area contributed by atoms with Crippen LogP contribution in [0.4, 0.5) is 4.79 Å². The Hall–Kier alpha value is -3.31. The van der Waals surface area contributed by atoms with Crippen LogP contribution < -0.4 is 9.47 Å². The second kappa shape index (κ2) is 11.8. The number of hydrogen-bond donors (Lipinski definition) is 1. The van der Waals surface area contributed by atoms with Crippen LogP contribution in [-0.4, -0.2) is 64.2 Å². The van der Waals surface area contributed by atoms with Gasteiger partial charge in [-0.2, -0.15) is 0 Å². The maximum atomic E-state index is 12.9. The molecule has 1 N–H and O–H groups in total. The molecule has 0 radical (unpaired) electrons. The number of aromatic carboxylic acids is 1. The number of likely N-dealkylation sites (tertiary alicyclic amines) is 1. The van der Waals surface area contributed by atoms with Crippen LogP contribution >= 0.6 is 27.7 Å². The van der Waals surface area contributed by atoms with E-state index in [1.54, 1.807) is 35.2 Å². The van der Waals surface area contributed by atoms with Gasteiger partial charge in [-0.05, 0) is 88.9 Å². The van der Waals surface area contributed by atoms with E-state index in [0.29, 0.717) is 46.8 Å². The molecule has 37 heavy (non-hydrogen) atoms. The van der Waals surface area contributed by atoms with Crippen molar-refractivity contribution in [1.29, 1.82) is 0 Å². The largest absolute Gasteiger partial charge is 0.490 e. The minimum absolute atomic E-state index is 0.114. The molecule has 2 aromatic rings. The number of carboxylic acid groups (broad SMARTS) is 1. The molecule has 2 aliphatic heterocycles. The third-order valence-corrected chi connectivity index (χ3v) is 7.31. The van der Waals surface area contributed by atoms with E-state index >= 15 is 0 Å². The quantitative estimate of drug-likeness (QED) is 0.416. The number of carbonyl (C=O) groups excluding carboxylic acids is 3. The van der Waals surface area contributed by atoms with Crippen LogP contribution in [0, 0.1) is 0 Å². The van der Waals surface area contributed by atoms with Gasteiger partial charge in [-0.15, -0.1) is 0 Å². The third kappa shape index (κ3) is 6.34. The van der Waals surface area contributed by atoms with E-state index in [0.717, 1.165) is 29.5 Å². The summed E-state index contributed by atoms with van der Waals surface area (Å²) in [5.41, 5.74) is 1.44. The second-order valence-corrected chi connectivity index (χ2v) is 10.3. The van der Waals surface area contributed by atoms with Crippen LogP contribution in [0.5, 0.6) is 11.5 Å². The number of thioether (sulfide) groups is 1. The first-order valence-electron chi connectivity index (χ1n) is 11.7. The molecule has 0 bridgehead atoms. The number of nitrogens with zero attached hydrogens (tertiary/aromatic N) is 2. The maximum Gasteiger partial charge on any atom is 0.335 e. The average Bonchev–Trinajstić information content (AvgIpc) is 3.49. The van der Waals surface area contributed by atoms with Crippen LogP contribution in [0.3, 0.4) is 0 Å². The first kappa shape index (κ1) is 26.7. The Morgan fingerprint density at radius 1 is 1.14 bits per heavy atom. The van der Waals surface area contributed by atoms with Crippen molar-refractivity contribution in [2.75, 3.05) is 26.2 Å². The highest BCUT2D eigenvalue weighted by atomic mass is 79.9. The van der Waals surface area contributed by atoms with Crippen molar-refractivity contribution in [3.05, 3.63) is 62.5 Å². The standard InChI is InChI=1S/C26H25BrN2O7S/c1-2-35-20-12-17(11-19(27)23(20)36-15-16-6-5-7-18(10-16)25(32)33)13-21-24(31)29(26(34)37-21)14-22(30)28-8-3-4-9-28/h5-7,10-13H,2-4,8-9,14-15H2,1H3,(H,32,33)/b21-13+. The molecule has 2 fully saturated rings. The fourth-order valence-corrected chi connectivity index (χ4v) is 5.43. The van der Waals surface area contributed by atoms with Gasteiger partial charge in [0.2, 0.25) is 5.91 Å². The topological polar surface area (TPSA) is 113 Å². The van der Waals surface area contributed by atoms with Gasteiger partial charge in [-0.3, -0.25) is 19.3 Å². The molecule has 11 heteroatoms. The summed E-state index contributed by atoms with van der Waals surface area (Å²) < 4.78 is 12.3. The highest BCUT2D eigenvalue weighted by Crippen LogP contribution is 2.39. The number of ether oxygens (including phenoxy) is 2. The molecule has 4 rings (SSSR count). The minimum Gasteiger partial charge on any atom is -0.490 e. The molecule has 0 unspecified atom stereocenters. The molecule has 2 aromatic carbocycles. The van der Waals surface area contributed by atoms with Crippen molar-refractivity contribution < 1.29 is 33.8 Å². The van der Waals surface area contributed by atoms with E-state index < -0.39 is 17.1 Å². The zero-order valence-electron chi connectivity index (χ0n) is 20.1. The van der Waals surface area contributed by atoms with Crippen molar-refractivity contribution in [3.8, 4) is 11.5 Å². The number of imide groups is 1. The van der Waals surface area contributed by atoms with E-state index in [-0.39, 0.29) is 29.5 Å². The Morgan fingerprint density at radius 2 is 1.89 bits per heavy atom. The lowest BCUT2D eigenvalue weighted by molar-refractivity contribution is -0.135. The number of rotatable bonds is 9. The van der Waals surface area contributed by atoms with Crippen molar-refractivity contribution >= 4 is 56.8 Å². The predicted octanol–water partition coefficient (Wildman–Crippen LogP) is 4.78. The van der Waals surface area contributed by atoms with Gasteiger partial charge >= 0.3 is 5.97 Å². The highest BCUT2D eigenvalue weighted by Gasteiger charge is 2.37. The summed E-state index contributed by atoms with van der Waals surface area (Å²) in [6.45, 7) is 3.34. The van der Waals surface area contributed by atoms with Gasteiger partial charge in [-0.25, -0.2) is 4.79 Å². The van der Waals surface area contributed by atoms with Crippen LogP contribution in [0.1, 0.15) is 41.3 Å². The number of amides is 3. The van der Waals surface area contributed by atoms with E-state index in [1.807, 2.05) is 6.92 Å². The Bertz CT molecular complexity index is 1270. The SMILES string of the molecule is CCOc1cc(/C=C2/SC(=O)N(CC(=O)N3CCCC3)C2=O)cc(Br)c1OCc1cccc(C(=O)O)c1. The average molecular weight is 589 g/mol. The zero-order valence-corrected chi connectivity index (χ0v) is 22.5. The molecule has 2 heterocycles. The first-order valence-corrected chi connectivity index (χ1v) is 13.3. The van der Waals surface area contributed by atoms with E-state index in [1.165, 1.54) is 12.1 Å². The molecule has 0 spiro atoms. The lowest BCUT2D eigenvalue weighted by Crippen LogP contribution is -2.40. The van der Waals surface area contributed by atoms with Crippen LogP contribution in [0.25, 0.3) is 6.08 Å². The number of carboxylic acids is 1. The second-order valence-electron chi connectivity index (χ2n) is 8.41. The molecule has 0 saturated carbocycles. The van der Waals surface area contributed by atoms with Crippen LogP contribution in [0.15, 0.2) is 45.8 Å². The molecule has 9 nitrogen and oxygen atoms in total. The molecule has 0 aliphatic carbocycles. The highest BCUT2D eigenvalue weighted by molar-refractivity contribution is 9.10. The molecule has 0 aromatic heterocycles. The van der Waals surface area contributed by atoms with Crippen molar-refractivity contribution in [3.63, 3.8) is 0 Å². The predicted molar refractivity (Wildman–Crippen MR) is 142 cm³/mol. The smallest absolute Gasteiger partial charge is 0.335 e. The Morgan fingerprint density at radius 3 is 2.59 bits per heavy atom. The summed E-state index contributed by atoms with van der Waals surface area (Å²) in [6, 6.07) is 9.88. The normalized spacial score (nSPS) is 16.5. The lowest BCUT2D eigenvalue weighted by Gasteiger charge is -2.18. The Labute approximate surface area is 226 Å². The summed E-state index contributed by atoms with van der Waals surface area (Å²) in [4.78, 5) is 51.9. The summed E-state index contributed by atoms with van der Waals surface area (Å²) in [5, 5.41) is 8.73. The number of hydrogen-bond acceptors (Lipinski definition) is 7. The Kier molecular flexibility index (Phi) is 8.55. The van der Waals surface area contributed by atoms with Crippen molar-refractivity contribution in [2.24, 2.45) is 0 Å². The monoisotopic (exact) mass is 588 g/mol. The number of carbonyl (C=O) groups is 4. The van der Waals surface area contributed by atoms with Gasteiger partial charge in [0, 0.05) is 13.1 Å². The zero-order chi connectivity index (χ0) is 26.5. The summed E-state index contributed by atoms with van der Waals surface area (Å²) in [7, 11) is 0. The Balaban J connectivity index is 1.51. The van der Waals surface area contributed by atoms with Crippen LogP contribution in [0.2, 0.25) is 0 Å². The molecule has 2 saturated heterocycles. The van der Waals surface area contributed by atoms with Gasteiger partial charge in [-0.1, -0.05) is 12.1 Å². The molecule has 2 aliphatic rings. The molecular formula is C26H25BrN2O7S. The minimum atomic E-state index is -1.02. The summed E-state index contributed by atoms with van der Waals surface area (Å²) in [5.74, 6) is -0.912. The summed E-state index contributed by atoms with van der Waals surface area (Å²) >= 11 is 4.28. The third-order valence-electron chi connectivity index (χ3n) is 5.81. The fraction of sp³-hybridized carbons (Fsp3) is 0.308. The van der Waals surface area contributed by atoms with Crippen molar-refractivity contribution in [2.45, 2.75) is 26.4 Å². The van der Waals surface area contributed by atoms with E-state index in [2.05, 4.69) is 15.9 Å². The van der Waals surface area contributed by atoms with Gasteiger partial charge in [0.1, 0.15) is 13.2 Å². The van der Waals surface area contributed by atoms with Gasteiger partial charge in [0.05, 0.1) is 21.5 Å². The lowest BCUT2D eigenvalue weighted by atomic mass is 10.1. The van der Waals surface area contributed by atoms with Crippen LogP contribution in [-0.2, 0) is 16.2 Å². The summed E-state index contributed by atoms with van der Waals surface area (Å²) in [6.07, 6.45) is 3.44. The number of halogens is 1. The fourth-order valence-electron chi connectivity index (χ4n) is 4.01. The first-order chi connectivity index (χ1) is 17.8. The van der Waals surface area contributed by atoms with Crippen molar-refractivity contribution in [1.82, 2.24) is 9.80 Å². The van der Waals surface area contributed by atoms with Gasteiger partial charge in [0.15, 0.2) is 11.5 Å². The number of benzene rings is 2. The van der Waals surface area contributed by atoms with Gasteiger partial charge < -0.3 is 19.5 Å². The molecular weight excluding hydrogens is 564 g/mol. The van der Waals surface area contributed by atoms with Gasteiger partial charge in [0.25, 0.3) is 11.1 Å².